The first-order chi connectivity index (χ1) is 13.4. The second-order valence-corrected chi connectivity index (χ2v) is 6.16. The average molecular weight is 401 g/mol. The number of aromatic nitrogens is 2. The van der Waals surface area contributed by atoms with Crippen molar-refractivity contribution in [3.63, 3.8) is 0 Å². The van der Waals surface area contributed by atoms with Crippen molar-refractivity contribution in [2.75, 3.05) is 5.32 Å². The summed E-state index contributed by atoms with van der Waals surface area (Å²) in [5.41, 5.74) is -1.09. The standard InChI is InChI=1S/C18H13ClN4O5/c19-15-4-2-1-3-11(15)10-22-17(25)14(9-20-18(22)26)16(24)21-12-5-7-13(8-6-12)23(27)28/h1-9H,10H2,(H,20,26)(H,21,24). The van der Waals surface area contributed by atoms with Crippen molar-refractivity contribution in [1.82, 2.24) is 9.55 Å². The van der Waals surface area contributed by atoms with Gasteiger partial charge in [-0.25, -0.2) is 4.79 Å². The van der Waals surface area contributed by atoms with Crippen LogP contribution in [0.25, 0.3) is 0 Å². The monoisotopic (exact) mass is 400 g/mol. The molecule has 3 aromatic rings. The van der Waals surface area contributed by atoms with E-state index in [1.165, 1.54) is 24.3 Å². The number of amides is 1. The molecule has 1 heterocycles. The Kier molecular flexibility index (Phi) is 5.37. The molecule has 0 saturated carbocycles. The molecule has 3 rings (SSSR count). The molecule has 1 amide bonds. The summed E-state index contributed by atoms with van der Waals surface area (Å²) < 4.78 is 0.867. The lowest BCUT2D eigenvalue weighted by Gasteiger charge is -2.09. The number of rotatable bonds is 5. The van der Waals surface area contributed by atoms with Crippen molar-refractivity contribution in [3.8, 4) is 0 Å². The van der Waals surface area contributed by atoms with E-state index in [-0.39, 0.29) is 23.5 Å². The third-order valence-electron chi connectivity index (χ3n) is 3.93. The number of aromatic amines is 1. The van der Waals surface area contributed by atoms with Crippen LogP contribution in [0.2, 0.25) is 5.02 Å². The highest BCUT2D eigenvalue weighted by atomic mass is 35.5. The number of H-pyrrole nitrogens is 1. The van der Waals surface area contributed by atoms with Gasteiger partial charge < -0.3 is 10.3 Å². The molecule has 142 valence electrons. The zero-order valence-corrected chi connectivity index (χ0v) is 15.0. The predicted octanol–water partition coefficient (Wildman–Crippen LogP) is 2.40. The van der Waals surface area contributed by atoms with Crippen molar-refractivity contribution in [1.29, 1.82) is 0 Å². The number of carbonyl (C=O) groups is 1. The molecule has 0 aliphatic carbocycles. The predicted molar refractivity (Wildman–Crippen MR) is 103 cm³/mol. The van der Waals surface area contributed by atoms with Gasteiger partial charge in [0, 0.05) is 29.0 Å². The Hall–Kier alpha value is -3.72. The van der Waals surface area contributed by atoms with Gasteiger partial charge in [0.25, 0.3) is 17.2 Å². The first kappa shape index (κ1) is 19.1. The van der Waals surface area contributed by atoms with Crippen molar-refractivity contribution in [2.24, 2.45) is 0 Å². The Morgan fingerprint density at radius 2 is 1.82 bits per heavy atom. The molecule has 0 aliphatic heterocycles. The molecule has 2 aromatic carbocycles. The fourth-order valence-corrected chi connectivity index (χ4v) is 2.67. The third kappa shape index (κ3) is 3.99. The Morgan fingerprint density at radius 1 is 1.14 bits per heavy atom. The molecule has 10 heteroatoms. The molecule has 9 nitrogen and oxygen atoms in total. The molecule has 0 spiro atoms. The zero-order chi connectivity index (χ0) is 20.3. The number of anilines is 1. The minimum Gasteiger partial charge on any atom is -0.322 e. The van der Waals surface area contributed by atoms with Crippen LogP contribution in [-0.4, -0.2) is 20.4 Å². The van der Waals surface area contributed by atoms with Crippen molar-refractivity contribution in [2.45, 2.75) is 6.54 Å². The number of nitrogens with one attached hydrogen (secondary N) is 2. The molecule has 0 radical (unpaired) electrons. The molecule has 2 N–H and O–H groups in total. The van der Waals surface area contributed by atoms with Crippen LogP contribution in [0.1, 0.15) is 15.9 Å². The van der Waals surface area contributed by atoms with Gasteiger partial charge in [-0.2, -0.15) is 0 Å². The highest BCUT2D eigenvalue weighted by Crippen LogP contribution is 2.16. The van der Waals surface area contributed by atoms with Crippen molar-refractivity contribution < 1.29 is 9.72 Å². The maximum atomic E-state index is 12.6. The minimum atomic E-state index is -0.789. The fourth-order valence-electron chi connectivity index (χ4n) is 2.48. The lowest BCUT2D eigenvalue weighted by Crippen LogP contribution is -2.39. The summed E-state index contributed by atoms with van der Waals surface area (Å²) in [6.45, 7) is -0.105. The van der Waals surface area contributed by atoms with E-state index in [2.05, 4.69) is 10.3 Å². The van der Waals surface area contributed by atoms with Crippen LogP contribution in [0.5, 0.6) is 0 Å². The number of nitrogens with zero attached hydrogens (tertiary/aromatic N) is 2. The molecular weight excluding hydrogens is 388 g/mol. The second-order valence-electron chi connectivity index (χ2n) is 5.75. The van der Waals surface area contributed by atoms with Crippen LogP contribution in [0.4, 0.5) is 11.4 Å². The lowest BCUT2D eigenvalue weighted by molar-refractivity contribution is -0.384. The first-order valence-corrected chi connectivity index (χ1v) is 8.36. The van der Waals surface area contributed by atoms with Crippen molar-refractivity contribution in [3.05, 3.63) is 102 Å². The Bertz CT molecular complexity index is 1170. The molecule has 0 atom stereocenters. The molecule has 0 unspecified atom stereocenters. The average Bonchev–Trinajstić information content (AvgIpc) is 2.66. The van der Waals surface area contributed by atoms with Crippen LogP contribution < -0.4 is 16.6 Å². The minimum absolute atomic E-state index is 0.105. The van der Waals surface area contributed by atoms with Gasteiger partial charge in [0.2, 0.25) is 0 Å². The molecule has 0 fully saturated rings. The SMILES string of the molecule is O=C(Nc1ccc([N+](=O)[O-])cc1)c1c[nH]c(=O)n(Cc2ccccc2Cl)c1=O. The smallest absolute Gasteiger partial charge is 0.322 e. The fraction of sp³-hybridized carbons (Fsp3) is 0.0556. The van der Waals surface area contributed by atoms with E-state index in [0.29, 0.717) is 10.6 Å². The van der Waals surface area contributed by atoms with Gasteiger partial charge in [-0.05, 0) is 23.8 Å². The quantitative estimate of drug-likeness (QED) is 0.502. The maximum Gasteiger partial charge on any atom is 0.328 e. The number of halogens is 1. The number of benzene rings is 2. The number of non-ortho nitro benzene ring substituents is 1. The Labute approximate surface area is 162 Å². The highest BCUT2D eigenvalue weighted by Gasteiger charge is 2.16. The van der Waals surface area contributed by atoms with Gasteiger partial charge in [0.1, 0.15) is 5.56 Å². The number of nitro groups is 1. The van der Waals surface area contributed by atoms with Crippen LogP contribution >= 0.6 is 11.6 Å². The summed E-state index contributed by atoms with van der Waals surface area (Å²) in [4.78, 5) is 49.6. The summed E-state index contributed by atoms with van der Waals surface area (Å²) in [5.74, 6) is -0.761. The largest absolute Gasteiger partial charge is 0.328 e. The summed E-state index contributed by atoms with van der Waals surface area (Å²) in [6, 6.07) is 11.8. The number of carbonyl (C=O) groups excluding carboxylic acids is 1. The summed E-state index contributed by atoms with van der Waals surface area (Å²) in [6.07, 6.45) is 1.02. The maximum absolute atomic E-state index is 12.6. The van der Waals surface area contributed by atoms with Crippen LogP contribution in [0, 0.1) is 10.1 Å². The Balaban J connectivity index is 1.89. The van der Waals surface area contributed by atoms with Gasteiger partial charge in [-0.15, -0.1) is 0 Å². The van der Waals surface area contributed by atoms with E-state index in [9.17, 15) is 24.5 Å². The number of hydrogen-bond donors (Lipinski definition) is 2. The van der Waals surface area contributed by atoms with Gasteiger partial charge in [0.05, 0.1) is 11.5 Å². The molecule has 0 aliphatic rings. The van der Waals surface area contributed by atoms with Gasteiger partial charge in [-0.3, -0.25) is 24.3 Å². The van der Waals surface area contributed by atoms with Crippen LogP contribution in [-0.2, 0) is 6.54 Å². The number of nitro benzene ring substituents is 1. The van der Waals surface area contributed by atoms with E-state index in [4.69, 9.17) is 11.6 Å². The normalized spacial score (nSPS) is 10.5. The third-order valence-corrected chi connectivity index (χ3v) is 4.30. The molecular formula is C18H13ClN4O5. The van der Waals surface area contributed by atoms with E-state index in [1.807, 2.05) is 0 Å². The van der Waals surface area contributed by atoms with E-state index in [0.717, 1.165) is 10.8 Å². The number of hydrogen-bond acceptors (Lipinski definition) is 5. The van der Waals surface area contributed by atoms with E-state index in [1.54, 1.807) is 24.3 Å². The van der Waals surface area contributed by atoms with Crippen LogP contribution in [0.3, 0.4) is 0 Å². The summed E-state index contributed by atoms with van der Waals surface area (Å²) in [5, 5.41) is 13.5. The zero-order valence-electron chi connectivity index (χ0n) is 14.2. The first-order valence-electron chi connectivity index (χ1n) is 7.98. The van der Waals surface area contributed by atoms with Gasteiger partial charge in [-0.1, -0.05) is 29.8 Å². The second kappa shape index (κ2) is 7.89. The lowest BCUT2D eigenvalue weighted by atomic mass is 10.2. The van der Waals surface area contributed by atoms with Crippen LogP contribution in [0.15, 0.2) is 64.3 Å². The van der Waals surface area contributed by atoms with Crippen molar-refractivity contribution >= 4 is 28.9 Å². The molecule has 0 bridgehead atoms. The summed E-state index contributed by atoms with van der Waals surface area (Å²) in [7, 11) is 0. The summed E-state index contributed by atoms with van der Waals surface area (Å²) >= 11 is 6.07. The Morgan fingerprint density at radius 3 is 2.46 bits per heavy atom. The molecule has 0 saturated heterocycles. The topological polar surface area (TPSA) is 127 Å². The molecule has 28 heavy (non-hydrogen) atoms. The highest BCUT2D eigenvalue weighted by molar-refractivity contribution is 6.31. The van der Waals surface area contributed by atoms with E-state index < -0.39 is 22.1 Å². The van der Waals surface area contributed by atoms with Gasteiger partial charge in [0.15, 0.2) is 0 Å². The van der Waals surface area contributed by atoms with Gasteiger partial charge >= 0.3 is 5.69 Å². The molecule has 1 aromatic heterocycles. The van der Waals surface area contributed by atoms with E-state index >= 15 is 0 Å².